The summed E-state index contributed by atoms with van der Waals surface area (Å²) in [7, 11) is 3.05. The van der Waals surface area contributed by atoms with Crippen LogP contribution >= 0.6 is 21.6 Å². The van der Waals surface area contributed by atoms with Crippen molar-refractivity contribution < 1.29 is 29.4 Å². The number of hydrogen-bond donors (Lipinski definition) is 1. The Labute approximate surface area is 180 Å². The van der Waals surface area contributed by atoms with Gasteiger partial charge in [0, 0.05) is 35.8 Å². The molecule has 1 saturated heterocycles. The van der Waals surface area contributed by atoms with Gasteiger partial charge in [-0.15, -0.1) is 5.06 Å². The van der Waals surface area contributed by atoms with E-state index in [1.54, 1.807) is 22.9 Å². The summed E-state index contributed by atoms with van der Waals surface area (Å²) in [6.45, 7) is 13.9. The third-order valence-corrected chi connectivity index (χ3v) is 6.55. The van der Waals surface area contributed by atoms with Crippen LogP contribution in [0.2, 0.25) is 0 Å². The molecule has 1 unspecified atom stereocenters. The number of imide groups is 1. The quantitative estimate of drug-likeness (QED) is 0.146. The lowest BCUT2D eigenvalue weighted by atomic mass is 10.2. The van der Waals surface area contributed by atoms with Crippen molar-refractivity contribution in [3.8, 4) is 0 Å². The van der Waals surface area contributed by atoms with Crippen LogP contribution < -0.4 is 0 Å². The van der Waals surface area contributed by atoms with Gasteiger partial charge in [-0.1, -0.05) is 74.1 Å². The summed E-state index contributed by atoms with van der Waals surface area (Å²) in [5, 5.41) is 9.14. The molecular weight excluding hydrogens is 414 g/mol. The lowest BCUT2D eigenvalue weighted by Crippen LogP contribution is -2.32. The molecule has 0 aliphatic carbocycles. The Bertz CT molecular complexity index is 590. The Morgan fingerprint density at radius 1 is 1.21 bits per heavy atom. The van der Waals surface area contributed by atoms with Gasteiger partial charge in [0.25, 0.3) is 11.8 Å². The van der Waals surface area contributed by atoms with E-state index in [4.69, 9.17) is 10.1 Å². The maximum atomic E-state index is 11.8. The van der Waals surface area contributed by atoms with Gasteiger partial charge in [0.1, 0.15) is 0 Å². The SMILES string of the molecule is C=C/C(CCOO)=C(\C=C)SSC(C)CCC(=O)ON1C(=O)CCC1=O.CCC. The number of carbonyl (C=O) groups is 3. The van der Waals surface area contributed by atoms with E-state index in [0.717, 1.165) is 10.5 Å². The van der Waals surface area contributed by atoms with Gasteiger partial charge < -0.3 is 4.84 Å². The fourth-order valence-corrected chi connectivity index (χ4v) is 4.47. The molecule has 0 aromatic rings. The maximum absolute atomic E-state index is 11.8. The number of allylic oxidation sites excluding steroid dienone is 2. The molecule has 0 saturated carbocycles. The van der Waals surface area contributed by atoms with E-state index in [1.165, 1.54) is 17.2 Å². The van der Waals surface area contributed by atoms with Crippen molar-refractivity contribution >= 4 is 39.4 Å². The fourth-order valence-electron chi connectivity index (χ4n) is 2.01. The van der Waals surface area contributed by atoms with Crippen molar-refractivity contribution in [2.75, 3.05) is 6.61 Å². The first-order valence-corrected chi connectivity index (χ1v) is 11.7. The molecule has 2 amide bonds. The van der Waals surface area contributed by atoms with E-state index in [0.29, 0.717) is 17.9 Å². The molecule has 1 heterocycles. The normalized spacial score (nSPS) is 15.2. The van der Waals surface area contributed by atoms with E-state index >= 15 is 0 Å². The summed E-state index contributed by atoms with van der Waals surface area (Å²) in [4.78, 5) is 44.5. The summed E-state index contributed by atoms with van der Waals surface area (Å²) in [6, 6.07) is 0. The molecule has 1 atom stereocenters. The Balaban J connectivity index is 0.00000245. The molecule has 29 heavy (non-hydrogen) atoms. The minimum Gasteiger partial charge on any atom is -0.330 e. The van der Waals surface area contributed by atoms with E-state index in [1.807, 2.05) is 6.92 Å². The molecule has 7 nitrogen and oxygen atoms in total. The molecule has 1 fully saturated rings. The van der Waals surface area contributed by atoms with Crippen molar-refractivity contribution in [1.82, 2.24) is 5.06 Å². The second-order valence-electron chi connectivity index (χ2n) is 6.16. The molecular formula is C20H31NO6S2. The lowest BCUT2D eigenvalue weighted by molar-refractivity contribution is -0.241. The molecule has 0 radical (unpaired) electrons. The van der Waals surface area contributed by atoms with E-state index in [2.05, 4.69) is 31.9 Å². The van der Waals surface area contributed by atoms with Crippen molar-refractivity contribution in [2.45, 2.75) is 64.5 Å². The lowest BCUT2D eigenvalue weighted by Gasteiger charge is -2.14. The second-order valence-corrected chi connectivity index (χ2v) is 8.84. The molecule has 0 aromatic carbocycles. The van der Waals surface area contributed by atoms with Crippen LogP contribution in [0, 0.1) is 0 Å². The monoisotopic (exact) mass is 445 g/mol. The smallest absolute Gasteiger partial charge is 0.330 e. The first kappa shape index (κ1) is 27.5. The number of carbonyl (C=O) groups excluding carboxylic acids is 3. The molecule has 1 N–H and O–H groups in total. The van der Waals surface area contributed by atoms with Crippen LogP contribution in [-0.4, -0.2) is 40.0 Å². The fraction of sp³-hybridized carbons (Fsp3) is 0.550. The van der Waals surface area contributed by atoms with Gasteiger partial charge in [0.2, 0.25) is 0 Å². The van der Waals surface area contributed by atoms with Gasteiger partial charge >= 0.3 is 5.97 Å². The second kappa shape index (κ2) is 16.3. The van der Waals surface area contributed by atoms with Crippen LogP contribution in [0.15, 0.2) is 35.8 Å². The van der Waals surface area contributed by atoms with E-state index in [9.17, 15) is 14.4 Å². The topological polar surface area (TPSA) is 93.1 Å². The van der Waals surface area contributed by atoms with Gasteiger partial charge in [-0.2, -0.15) is 0 Å². The third kappa shape index (κ3) is 11.3. The Kier molecular flexibility index (Phi) is 15.4. The first-order valence-electron chi connectivity index (χ1n) is 9.48. The van der Waals surface area contributed by atoms with Crippen LogP contribution in [0.1, 0.15) is 59.3 Å². The van der Waals surface area contributed by atoms with Crippen molar-refractivity contribution in [2.24, 2.45) is 0 Å². The molecule has 0 spiro atoms. The van der Waals surface area contributed by atoms with Gasteiger partial charge in [0.05, 0.1) is 6.61 Å². The van der Waals surface area contributed by atoms with E-state index < -0.39 is 17.8 Å². The van der Waals surface area contributed by atoms with Gasteiger partial charge in [-0.25, -0.2) is 9.68 Å². The van der Waals surface area contributed by atoms with Gasteiger partial charge in [0.15, 0.2) is 0 Å². The van der Waals surface area contributed by atoms with Crippen LogP contribution in [0.4, 0.5) is 0 Å². The highest BCUT2D eigenvalue weighted by Gasteiger charge is 2.32. The average molecular weight is 446 g/mol. The zero-order chi connectivity index (χ0) is 22.2. The molecule has 0 bridgehead atoms. The van der Waals surface area contributed by atoms with Crippen molar-refractivity contribution in [1.29, 1.82) is 0 Å². The van der Waals surface area contributed by atoms with Crippen molar-refractivity contribution in [3.63, 3.8) is 0 Å². The predicted molar refractivity (Wildman–Crippen MR) is 118 cm³/mol. The van der Waals surface area contributed by atoms with E-state index in [-0.39, 0.29) is 31.1 Å². The molecule has 1 aliphatic heterocycles. The predicted octanol–water partition coefficient (Wildman–Crippen LogP) is 5.07. The minimum absolute atomic E-state index is 0.0820. The third-order valence-electron chi connectivity index (χ3n) is 3.47. The van der Waals surface area contributed by atoms with Gasteiger partial charge in [-0.3, -0.25) is 14.8 Å². The van der Waals surface area contributed by atoms with Crippen LogP contribution in [0.5, 0.6) is 0 Å². The van der Waals surface area contributed by atoms with Gasteiger partial charge in [-0.05, 0) is 12.0 Å². The number of amides is 2. The highest BCUT2D eigenvalue weighted by atomic mass is 33.1. The maximum Gasteiger partial charge on any atom is 0.333 e. The number of nitrogens with zero attached hydrogens (tertiary/aromatic N) is 1. The summed E-state index contributed by atoms with van der Waals surface area (Å²) in [6.07, 6.45) is 5.95. The summed E-state index contributed by atoms with van der Waals surface area (Å²) in [5.74, 6) is -1.56. The Morgan fingerprint density at radius 2 is 1.79 bits per heavy atom. The highest BCUT2D eigenvalue weighted by molar-refractivity contribution is 8.78. The van der Waals surface area contributed by atoms with Crippen molar-refractivity contribution in [3.05, 3.63) is 35.8 Å². The highest BCUT2D eigenvalue weighted by Crippen LogP contribution is 2.38. The molecule has 9 heteroatoms. The standard InChI is InChI=1S/C17H23NO6S2.C3H8/c1-4-13(10-11-23-22)14(5-2)26-25-12(3)6-9-17(21)24-18-15(19)7-8-16(18)20;1-3-2/h4-5,12,22H,1-2,6-11H2,3H3;3H2,1-2H3/b14-13-;. The summed E-state index contributed by atoms with van der Waals surface area (Å²) >= 11 is 0. The minimum atomic E-state index is -0.600. The Morgan fingerprint density at radius 3 is 2.28 bits per heavy atom. The number of hydroxylamine groups is 2. The Hall–Kier alpha value is -1.55. The largest absolute Gasteiger partial charge is 0.333 e. The molecule has 1 aliphatic rings. The zero-order valence-electron chi connectivity index (χ0n) is 17.3. The average Bonchev–Trinajstić information content (AvgIpc) is 3.01. The molecule has 1 rings (SSSR count). The summed E-state index contributed by atoms with van der Waals surface area (Å²) in [5.41, 5.74) is 0.907. The number of hydrogen-bond acceptors (Lipinski definition) is 8. The first-order chi connectivity index (χ1) is 13.8. The number of rotatable bonds is 12. The van der Waals surface area contributed by atoms with Crippen LogP contribution in [0.3, 0.4) is 0 Å². The molecule has 0 aromatic heterocycles. The van der Waals surface area contributed by atoms with Crippen LogP contribution in [0.25, 0.3) is 0 Å². The summed E-state index contributed by atoms with van der Waals surface area (Å²) < 4.78 is 0. The van der Waals surface area contributed by atoms with Crippen LogP contribution in [-0.2, 0) is 24.1 Å². The zero-order valence-corrected chi connectivity index (χ0v) is 19.0. The molecule has 164 valence electrons.